The Morgan fingerprint density at radius 3 is 2.33 bits per heavy atom. The van der Waals surface area contributed by atoms with Crippen molar-refractivity contribution in [2.24, 2.45) is 5.92 Å². The fraction of sp³-hybridized carbons (Fsp3) is 0.684. The largest absolute Gasteiger partial charge is 0.496 e. The predicted molar refractivity (Wildman–Crippen MR) is 90.1 cm³/mol. The van der Waals surface area contributed by atoms with Crippen LogP contribution in [0.4, 0.5) is 0 Å². The average Bonchev–Trinajstić information content (AvgIpc) is 2.96. The van der Waals surface area contributed by atoms with Gasteiger partial charge >= 0.3 is 0 Å². The van der Waals surface area contributed by atoms with E-state index in [1.54, 1.807) is 7.11 Å². The van der Waals surface area contributed by atoms with Crippen molar-refractivity contribution in [1.82, 2.24) is 5.32 Å². The summed E-state index contributed by atoms with van der Waals surface area (Å²) >= 11 is 0. The molecule has 118 valence electrons. The SMILES string of the molecule is CCCNC(CC1CCCC1)c1cc(C)c(OC)c(C)c1. The van der Waals surface area contributed by atoms with Crippen molar-refractivity contribution in [2.45, 2.75) is 65.3 Å². The first-order valence-electron chi connectivity index (χ1n) is 8.54. The molecular formula is C19H31NO. The van der Waals surface area contributed by atoms with Crippen molar-refractivity contribution in [2.75, 3.05) is 13.7 Å². The van der Waals surface area contributed by atoms with Gasteiger partial charge in [0.05, 0.1) is 7.11 Å². The smallest absolute Gasteiger partial charge is 0.124 e. The number of benzene rings is 1. The molecule has 1 N–H and O–H groups in total. The van der Waals surface area contributed by atoms with E-state index in [4.69, 9.17) is 4.74 Å². The Bertz CT molecular complexity index is 426. The first-order valence-corrected chi connectivity index (χ1v) is 8.54. The highest BCUT2D eigenvalue weighted by Crippen LogP contribution is 2.35. The van der Waals surface area contributed by atoms with E-state index in [2.05, 4.69) is 38.2 Å². The van der Waals surface area contributed by atoms with Crippen LogP contribution in [0.25, 0.3) is 0 Å². The van der Waals surface area contributed by atoms with Crippen LogP contribution in [0.15, 0.2) is 12.1 Å². The van der Waals surface area contributed by atoms with E-state index in [1.165, 1.54) is 55.2 Å². The standard InChI is InChI=1S/C19H31NO/c1-5-10-20-18(13-16-8-6-7-9-16)17-11-14(2)19(21-4)15(3)12-17/h11-12,16,18,20H,5-10,13H2,1-4H3. The van der Waals surface area contributed by atoms with Gasteiger partial charge in [-0.25, -0.2) is 0 Å². The molecule has 0 aliphatic heterocycles. The average molecular weight is 289 g/mol. The first kappa shape index (κ1) is 16.4. The lowest BCUT2D eigenvalue weighted by molar-refractivity contribution is 0.391. The molecule has 1 aliphatic rings. The molecule has 2 nitrogen and oxygen atoms in total. The number of hydrogen-bond acceptors (Lipinski definition) is 2. The van der Waals surface area contributed by atoms with E-state index in [9.17, 15) is 0 Å². The van der Waals surface area contributed by atoms with Crippen LogP contribution in [0.3, 0.4) is 0 Å². The maximum absolute atomic E-state index is 5.50. The molecule has 0 amide bonds. The molecule has 1 aromatic carbocycles. The first-order chi connectivity index (χ1) is 10.2. The lowest BCUT2D eigenvalue weighted by Gasteiger charge is -2.24. The van der Waals surface area contributed by atoms with Crippen molar-refractivity contribution >= 4 is 0 Å². The second kappa shape index (κ2) is 7.84. The molecule has 2 rings (SSSR count). The molecular weight excluding hydrogens is 258 g/mol. The third kappa shape index (κ3) is 4.23. The van der Waals surface area contributed by atoms with Gasteiger partial charge in [-0.05, 0) is 55.8 Å². The molecule has 1 atom stereocenters. The molecule has 0 spiro atoms. The Hall–Kier alpha value is -1.02. The molecule has 1 aliphatic carbocycles. The predicted octanol–water partition coefficient (Wildman–Crippen LogP) is 4.93. The fourth-order valence-electron chi connectivity index (χ4n) is 3.74. The summed E-state index contributed by atoms with van der Waals surface area (Å²) in [6, 6.07) is 5.12. The third-order valence-corrected chi connectivity index (χ3v) is 4.77. The molecule has 1 fully saturated rings. The van der Waals surface area contributed by atoms with Gasteiger partial charge < -0.3 is 10.1 Å². The third-order valence-electron chi connectivity index (χ3n) is 4.77. The van der Waals surface area contributed by atoms with Crippen LogP contribution in [0.5, 0.6) is 5.75 Å². The van der Waals surface area contributed by atoms with E-state index < -0.39 is 0 Å². The Kier molecular flexibility index (Phi) is 6.10. The maximum atomic E-state index is 5.50. The molecule has 0 radical (unpaired) electrons. The summed E-state index contributed by atoms with van der Waals surface area (Å²) < 4.78 is 5.50. The normalized spacial score (nSPS) is 17.1. The van der Waals surface area contributed by atoms with Gasteiger partial charge in [-0.1, -0.05) is 44.7 Å². The number of rotatable bonds is 7. The zero-order chi connectivity index (χ0) is 15.2. The van der Waals surface area contributed by atoms with Crippen LogP contribution in [0, 0.1) is 19.8 Å². The zero-order valence-corrected chi connectivity index (χ0v) is 14.2. The summed E-state index contributed by atoms with van der Waals surface area (Å²) in [5.74, 6) is 1.94. The Balaban J connectivity index is 2.18. The van der Waals surface area contributed by atoms with Gasteiger partial charge in [0.2, 0.25) is 0 Å². The fourth-order valence-corrected chi connectivity index (χ4v) is 3.74. The van der Waals surface area contributed by atoms with Crippen LogP contribution < -0.4 is 10.1 Å². The van der Waals surface area contributed by atoms with Crippen LogP contribution >= 0.6 is 0 Å². The zero-order valence-electron chi connectivity index (χ0n) is 14.2. The minimum absolute atomic E-state index is 0.497. The quantitative estimate of drug-likeness (QED) is 0.768. The van der Waals surface area contributed by atoms with Gasteiger partial charge in [-0.2, -0.15) is 0 Å². The molecule has 1 unspecified atom stereocenters. The van der Waals surface area contributed by atoms with Crippen LogP contribution in [-0.4, -0.2) is 13.7 Å². The molecule has 1 aromatic rings. The molecule has 0 saturated heterocycles. The highest BCUT2D eigenvalue weighted by atomic mass is 16.5. The van der Waals surface area contributed by atoms with E-state index >= 15 is 0 Å². The van der Waals surface area contributed by atoms with Gasteiger partial charge in [0.25, 0.3) is 0 Å². The van der Waals surface area contributed by atoms with Gasteiger partial charge in [-0.3, -0.25) is 0 Å². The molecule has 0 aromatic heterocycles. The summed E-state index contributed by atoms with van der Waals surface area (Å²) in [4.78, 5) is 0. The maximum Gasteiger partial charge on any atom is 0.124 e. The van der Waals surface area contributed by atoms with Crippen LogP contribution in [0.2, 0.25) is 0 Å². The number of methoxy groups -OCH3 is 1. The van der Waals surface area contributed by atoms with Crippen molar-refractivity contribution in [3.8, 4) is 5.75 Å². The number of aryl methyl sites for hydroxylation is 2. The van der Waals surface area contributed by atoms with Gasteiger partial charge in [0.1, 0.15) is 5.75 Å². The van der Waals surface area contributed by atoms with Crippen molar-refractivity contribution in [3.05, 3.63) is 28.8 Å². The number of ether oxygens (including phenoxy) is 1. The summed E-state index contributed by atoms with van der Waals surface area (Å²) in [6.07, 6.45) is 8.15. The van der Waals surface area contributed by atoms with Gasteiger partial charge in [0.15, 0.2) is 0 Å². The summed E-state index contributed by atoms with van der Waals surface area (Å²) in [5.41, 5.74) is 3.94. The van der Waals surface area contributed by atoms with E-state index in [-0.39, 0.29) is 0 Å². The second-order valence-corrected chi connectivity index (χ2v) is 6.58. The van der Waals surface area contributed by atoms with E-state index in [0.29, 0.717) is 6.04 Å². The van der Waals surface area contributed by atoms with Crippen LogP contribution in [0.1, 0.15) is 68.2 Å². The van der Waals surface area contributed by atoms with Crippen molar-refractivity contribution in [1.29, 1.82) is 0 Å². The minimum Gasteiger partial charge on any atom is -0.496 e. The minimum atomic E-state index is 0.497. The molecule has 2 heteroatoms. The molecule has 1 saturated carbocycles. The number of nitrogens with one attached hydrogen (secondary N) is 1. The second-order valence-electron chi connectivity index (χ2n) is 6.58. The highest BCUT2D eigenvalue weighted by Gasteiger charge is 2.22. The summed E-state index contributed by atoms with van der Waals surface area (Å²) in [6.45, 7) is 7.65. The van der Waals surface area contributed by atoms with Crippen molar-refractivity contribution < 1.29 is 4.74 Å². The number of hydrogen-bond donors (Lipinski definition) is 1. The Morgan fingerprint density at radius 2 is 1.81 bits per heavy atom. The van der Waals surface area contributed by atoms with E-state index in [1.807, 2.05) is 0 Å². The van der Waals surface area contributed by atoms with Gasteiger partial charge in [-0.15, -0.1) is 0 Å². The molecule has 21 heavy (non-hydrogen) atoms. The summed E-state index contributed by atoms with van der Waals surface area (Å²) in [7, 11) is 1.76. The lowest BCUT2D eigenvalue weighted by atomic mass is 9.91. The lowest BCUT2D eigenvalue weighted by Crippen LogP contribution is -2.24. The Morgan fingerprint density at radius 1 is 1.19 bits per heavy atom. The topological polar surface area (TPSA) is 21.3 Å². The van der Waals surface area contributed by atoms with Crippen LogP contribution in [-0.2, 0) is 0 Å². The monoisotopic (exact) mass is 289 g/mol. The molecule has 0 bridgehead atoms. The molecule has 0 heterocycles. The highest BCUT2D eigenvalue weighted by molar-refractivity contribution is 5.44. The summed E-state index contributed by atoms with van der Waals surface area (Å²) in [5, 5.41) is 3.76. The van der Waals surface area contributed by atoms with E-state index in [0.717, 1.165) is 18.2 Å². The van der Waals surface area contributed by atoms with Crippen molar-refractivity contribution in [3.63, 3.8) is 0 Å². The Labute approximate surface area is 130 Å². The van der Waals surface area contributed by atoms with Gasteiger partial charge in [0, 0.05) is 6.04 Å².